The zero-order valence-electron chi connectivity index (χ0n) is 13.9. The van der Waals surface area contributed by atoms with E-state index >= 15 is 0 Å². The lowest BCUT2D eigenvalue weighted by atomic mass is 10.2. The third kappa shape index (κ3) is 7.34. The van der Waals surface area contributed by atoms with Crippen molar-refractivity contribution in [3.63, 3.8) is 0 Å². The summed E-state index contributed by atoms with van der Waals surface area (Å²) in [6.45, 7) is 10.1. The molecule has 1 atom stereocenters. The molecule has 2 aliphatic rings. The Morgan fingerprint density at radius 2 is 1.74 bits per heavy atom. The first-order valence-corrected chi connectivity index (χ1v) is 8.39. The van der Waals surface area contributed by atoms with E-state index in [1.807, 2.05) is 0 Å². The molecule has 1 unspecified atom stereocenters. The minimum Gasteiger partial charge on any atom is -0.374 e. The molecule has 5 nitrogen and oxygen atoms in total. The lowest BCUT2D eigenvalue weighted by Gasteiger charge is -2.39. The Hall–Kier alpha value is -0.410. The van der Waals surface area contributed by atoms with Gasteiger partial charge in [-0.3, -0.25) is 14.7 Å². The molecule has 0 aliphatic carbocycles. The summed E-state index contributed by atoms with van der Waals surface area (Å²) in [5, 5.41) is 0. The predicted octanol–water partition coefficient (Wildman–Crippen LogP) is 0.904. The Kier molecular flexibility index (Phi) is 7.55. The van der Waals surface area contributed by atoms with Crippen molar-refractivity contribution in [2.24, 2.45) is 0 Å². The number of piperazine rings is 1. The van der Waals surface area contributed by atoms with Gasteiger partial charge in [0.2, 0.25) is 0 Å². The summed E-state index contributed by atoms with van der Waals surface area (Å²) in [6, 6.07) is 0. The van der Waals surface area contributed by atoms with Gasteiger partial charge in [0.05, 0.1) is 19.3 Å². The monoisotopic (exact) mass is 339 g/mol. The fraction of sp³-hybridized carbons (Fsp3) is 1.00. The van der Waals surface area contributed by atoms with Gasteiger partial charge in [-0.05, 0) is 6.54 Å². The van der Waals surface area contributed by atoms with Crippen LogP contribution in [0.25, 0.3) is 0 Å². The molecule has 0 amide bonds. The van der Waals surface area contributed by atoms with Crippen LogP contribution < -0.4 is 0 Å². The molecule has 0 bridgehead atoms. The molecule has 0 N–H and O–H groups in total. The fourth-order valence-corrected chi connectivity index (χ4v) is 3.04. The summed E-state index contributed by atoms with van der Waals surface area (Å²) in [6.07, 6.45) is -3.96. The van der Waals surface area contributed by atoms with Crippen molar-refractivity contribution in [3.05, 3.63) is 0 Å². The number of likely N-dealkylation sites (N-methyl/N-ethyl adjacent to an activating group) is 1. The first-order valence-electron chi connectivity index (χ1n) is 8.39. The molecule has 8 heteroatoms. The van der Waals surface area contributed by atoms with E-state index in [0.29, 0.717) is 6.54 Å². The molecule has 2 aliphatic heterocycles. The molecule has 2 heterocycles. The van der Waals surface area contributed by atoms with E-state index in [9.17, 15) is 13.2 Å². The number of hydrogen-bond donors (Lipinski definition) is 0. The van der Waals surface area contributed by atoms with Gasteiger partial charge >= 0.3 is 6.18 Å². The standard InChI is InChI=1S/C15H28F3N3O2/c1-2-19-8-10-23-14(11-19)12-21-5-3-20(4-6-21)7-9-22-13-15(16,17)18/h14H,2-13H2,1H3. The molecular weight excluding hydrogens is 311 g/mol. The normalized spacial score (nSPS) is 25.8. The maximum atomic E-state index is 12.0. The predicted molar refractivity (Wildman–Crippen MR) is 81.6 cm³/mol. The molecular formula is C15H28F3N3O2. The average molecular weight is 339 g/mol. The van der Waals surface area contributed by atoms with Crippen LogP contribution in [0.15, 0.2) is 0 Å². The van der Waals surface area contributed by atoms with Crippen LogP contribution in [0.1, 0.15) is 6.92 Å². The van der Waals surface area contributed by atoms with E-state index in [1.165, 1.54) is 0 Å². The van der Waals surface area contributed by atoms with Gasteiger partial charge in [-0.2, -0.15) is 13.2 Å². The van der Waals surface area contributed by atoms with Crippen molar-refractivity contribution >= 4 is 0 Å². The van der Waals surface area contributed by atoms with Gasteiger partial charge in [-0.1, -0.05) is 6.92 Å². The van der Waals surface area contributed by atoms with Crippen LogP contribution >= 0.6 is 0 Å². The van der Waals surface area contributed by atoms with Crippen LogP contribution in [0.2, 0.25) is 0 Å². The second-order valence-electron chi connectivity index (χ2n) is 6.20. The fourth-order valence-electron chi connectivity index (χ4n) is 3.04. The van der Waals surface area contributed by atoms with E-state index in [2.05, 4.69) is 26.4 Å². The van der Waals surface area contributed by atoms with E-state index in [-0.39, 0.29) is 12.7 Å². The first kappa shape index (κ1) is 18.9. The first-order chi connectivity index (χ1) is 11.0. The Bertz CT molecular complexity index is 336. The van der Waals surface area contributed by atoms with Crippen LogP contribution in [-0.4, -0.2) is 106 Å². The zero-order chi connectivity index (χ0) is 16.7. The number of ether oxygens (including phenoxy) is 2. The summed E-state index contributed by atoms with van der Waals surface area (Å²) in [5.74, 6) is 0. The highest BCUT2D eigenvalue weighted by Gasteiger charge is 2.28. The van der Waals surface area contributed by atoms with Crippen LogP contribution in [0.3, 0.4) is 0 Å². The Labute approximate surface area is 136 Å². The molecule has 0 saturated carbocycles. The Morgan fingerprint density at radius 1 is 1.04 bits per heavy atom. The zero-order valence-corrected chi connectivity index (χ0v) is 13.9. The second-order valence-corrected chi connectivity index (χ2v) is 6.20. The van der Waals surface area contributed by atoms with Crippen molar-refractivity contribution in [2.75, 3.05) is 78.7 Å². The van der Waals surface area contributed by atoms with Gasteiger partial charge in [0.25, 0.3) is 0 Å². The van der Waals surface area contributed by atoms with Crippen LogP contribution in [0.5, 0.6) is 0 Å². The van der Waals surface area contributed by atoms with E-state index in [1.54, 1.807) is 0 Å². The Balaban J connectivity index is 1.57. The smallest absolute Gasteiger partial charge is 0.374 e. The largest absolute Gasteiger partial charge is 0.411 e. The van der Waals surface area contributed by atoms with Crippen molar-refractivity contribution in [2.45, 2.75) is 19.2 Å². The third-order valence-electron chi connectivity index (χ3n) is 4.41. The lowest BCUT2D eigenvalue weighted by Crippen LogP contribution is -2.52. The van der Waals surface area contributed by atoms with Gasteiger partial charge < -0.3 is 9.47 Å². The summed E-state index contributed by atoms with van der Waals surface area (Å²) >= 11 is 0. The summed E-state index contributed by atoms with van der Waals surface area (Å²) < 4.78 is 46.5. The summed E-state index contributed by atoms with van der Waals surface area (Å²) in [5.41, 5.74) is 0. The second kappa shape index (κ2) is 9.17. The molecule has 0 radical (unpaired) electrons. The molecule has 2 saturated heterocycles. The molecule has 0 aromatic rings. The maximum Gasteiger partial charge on any atom is 0.411 e. The number of rotatable bonds is 7. The van der Waals surface area contributed by atoms with Crippen LogP contribution in [-0.2, 0) is 9.47 Å². The SMILES string of the molecule is CCN1CCOC(CN2CCN(CCOCC(F)(F)F)CC2)C1. The topological polar surface area (TPSA) is 28.2 Å². The highest BCUT2D eigenvalue weighted by Crippen LogP contribution is 2.14. The molecule has 2 fully saturated rings. The number of alkyl halides is 3. The lowest BCUT2D eigenvalue weighted by molar-refractivity contribution is -0.174. The van der Waals surface area contributed by atoms with Gasteiger partial charge in [-0.15, -0.1) is 0 Å². The van der Waals surface area contributed by atoms with Crippen molar-refractivity contribution < 1.29 is 22.6 Å². The number of nitrogens with zero attached hydrogens (tertiary/aromatic N) is 3. The molecule has 0 spiro atoms. The van der Waals surface area contributed by atoms with Crippen LogP contribution in [0.4, 0.5) is 13.2 Å². The molecule has 23 heavy (non-hydrogen) atoms. The van der Waals surface area contributed by atoms with E-state index < -0.39 is 12.8 Å². The van der Waals surface area contributed by atoms with Crippen molar-refractivity contribution in [1.82, 2.24) is 14.7 Å². The molecule has 2 rings (SSSR count). The highest BCUT2D eigenvalue weighted by atomic mass is 19.4. The summed E-state index contributed by atoms with van der Waals surface area (Å²) in [7, 11) is 0. The number of halogens is 3. The third-order valence-corrected chi connectivity index (χ3v) is 4.41. The van der Waals surface area contributed by atoms with Crippen molar-refractivity contribution in [1.29, 1.82) is 0 Å². The minimum absolute atomic E-state index is 0.136. The molecule has 0 aromatic carbocycles. The Morgan fingerprint density at radius 3 is 2.39 bits per heavy atom. The van der Waals surface area contributed by atoms with Crippen molar-refractivity contribution in [3.8, 4) is 0 Å². The van der Waals surface area contributed by atoms with E-state index in [4.69, 9.17) is 4.74 Å². The molecule has 0 aromatic heterocycles. The highest BCUT2D eigenvalue weighted by molar-refractivity contribution is 4.78. The van der Waals surface area contributed by atoms with Gasteiger partial charge in [0.15, 0.2) is 0 Å². The minimum atomic E-state index is -4.23. The van der Waals surface area contributed by atoms with Gasteiger partial charge in [0.1, 0.15) is 6.61 Å². The number of hydrogen-bond acceptors (Lipinski definition) is 5. The maximum absolute atomic E-state index is 12.0. The van der Waals surface area contributed by atoms with Gasteiger partial charge in [-0.25, -0.2) is 0 Å². The summed E-state index contributed by atoms with van der Waals surface area (Å²) in [4.78, 5) is 6.95. The average Bonchev–Trinajstić information content (AvgIpc) is 2.52. The quantitative estimate of drug-likeness (QED) is 0.643. The van der Waals surface area contributed by atoms with Crippen LogP contribution in [0, 0.1) is 0 Å². The number of morpholine rings is 1. The van der Waals surface area contributed by atoms with Gasteiger partial charge in [0, 0.05) is 52.4 Å². The molecule has 136 valence electrons. The van der Waals surface area contributed by atoms with E-state index in [0.717, 1.165) is 59.0 Å².